The summed E-state index contributed by atoms with van der Waals surface area (Å²) in [6.07, 6.45) is -2.34. The number of hydrogen-bond donors (Lipinski definition) is 1. The van der Waals surface area contributed by atoms with Crippen LogP contribution in [0.1, 0.15) is 40.7 Å². The fraction of sp³-hybridized carbons (Fsp3) is 0.400. The standard InChI is InChI=1S/C15H15F3N2S/c1-9-8-21-14(19-9)13(20-10-6-7-10)11-4-2-3-5-12(11)15(16,17)18/h2-5,8,10,13,20H,6-7H2,1H3. The van der Waals surface area contributed by atoms with Crippen LogP contribution in [0.2, 0.25) is 0 Å². The molecule has 112 valence electrons. The molecule has 21 heavy (non-hydrogen) atoms. The summed E-state index contributed by atoms with van der Waals surface area (Å²) in [5.41, 5.74) is 0.504. The number of thiazole rings is 1. The van der Waals surface area contributed by atoms with E-state index >= 15 is 0 Å². The molecule has 0 amide bonds. The van der Waals surface area contributed by atoms with E-state index in [1.807, 2.05) is 12.3 Å². The van der Waals surface area contributed by atoms with Crippen LogP contribution in [0.25, 0.3) is 0 Å². The van der Waals surface area contributed by atoms with Gasteiger partial charge >= 0.3 is 6.18 Å². The molecule has 2 nitrogen and oxygen atoms in total. The molecule has 1 N–H and O–H groups in total. The van der Waals surface area contributed by atoms with Crippen LogP contribution in [-0.2, 0) is 6.18 Å². The first-order valence-electron chi connectivity index (χ1n) is 6.79. The van der Waals surface area contributed by atoms with Gasteiger partial charge in [-0.2, -0.15) is 13.2 Å². The number of halogens is 3. The summed E-state index contributed by atoms with van der Waals surface area (Å²) >= 11 is 1.40. The van der Waals surface area contributed by atoms with Crippen LogP contribution >= 0.6 is 11.3 Å². The number of nitrogens with one attached hydrogen (secondary N) is 1. The molecular formula is C15H15F3N2S. The van der Waals surface area contributed by atoms with Crippen molar-refractivity contribution in [3.8, 4) is 0 Å². The van der Waals surface area contributed by atoms with Crippen LogP contribution in [0, 0.1) is 6.92 Å². The Morgan fingerprint density at radius 3 is 2.57 bits per heavy atom. The monoisotopic (exact) mass is 312 g/mol. The average molecular weight is 312 g/mol. The molecule has 0 aliphatic heterocycles. The zero-order valence-electron chi connectivity index (χ0n) is 11.4. The Morgan fingerprint density at radius 2 is 2.00 bits per heavy atom. The Labute approximate surface area is 125 Å². The number of aryl methyl sites for hydroxylation is 1. The molecule has 1 aliphatic carbocycles. The molecule has 3 rings (SSSR count). The highest BCUT2D eigenvalue weighted by Crippen LogP contribution is 2.38. The van der Waals surface area contributed by atoms with Crippen molar-refractivity contribution in [2.45, 2.75) is 38.0 Å². The topological polar surface area (TPSA) is 24.9 Å². The van der Waals surface area contributed by atoms with Gasteiger partial charge in [0.15, 0.2) is 0 Å². The van der Waals surface area contributed by atoms with E-state index in [1.54, 1.807) is 12.1 Å². The van der Waals surface area contributed by atoms with Crippen molar-refractivity contribution in [3.05, 3.63) is 51.5 Å². The van der Waals surface area contributed by atoms with Crippen LogP contribution < -0.4 is 5.32 Å². The molecule has 1 fully saturated rings. The summed E-state index contributed by atoms with van der Waals surface area (Å²) in [4.78, 5) is 4.38. The lowest BCUT2D eigenvalue weighted by Gasteiger charge is -2.21. The van der Waals surface area contributed by atoms with Crippen molar-refractivity contribution in [2.24, 2.45) is 0 Å². The molecule has 0 radical (unpaired) electrons. The van der Waals surface area contributed by atoms with E-state index in [0.29, 0.717) is 11.0 Å². The summed E-state index contributed by atoms with van der Waals surface area (Å²) < 4.78 is 39.7. The second kappa shape index (κ2) is 5.42. The van der Waals surface area contributed by atoms with Crippen LogP contribution in [0.15, 0.2) is 29.6 Å². The molecular weight excluding hydrogens is 297 g/mol. The van der Waals surface area contributed by atoms with Gasteiger partial charge < -0.3 is 5.32 Å². The number of alkyl halides is 3. The molecule has 2 aromatic rings. The highest BCUT2D eigenvalue weighted by molar-refractivity contribution is 7.09. The number of hydrogen-bond acceptors (Lipinski definition) is 3. The van der Waals surface area contributed by atoms with Crippen molar-refractivity contribution in [1.82, 2.24) is 10.3 Å². The molecule has 0 bridgehead atoms. The quantitative estimate of drug-likeness (QED) is 0.910. The molecule has 1 aromatic heterocycles. The van der Waals surface area contributed by atoms with E-state index in [-0.39, 0.29) is 5.56 Å². The third-order valence-electron chi connectivity index (χ3n) is 3.44. The van der Waals surface area contributed by atoms with E-state index in [1.165, 1.54) is 17.4 Å². The minimum absolute atomic E-state index is 0.256. The first-order chi connectivity index (χ1) is 9.95. The highest BCUT2D eigenvalue weighted by atomic mass is 32.1. The maximum absolute atomic E-state index is 13.2. The van der Waals surface area contributed by atoms with Crippen LogP contribution in [0.3, 0.4) is 0 Å². The van der Waals surface area contributed by atoms with Crippen LogP contribution in [-0.4, -0.2) is 11.0 Å². The maximum Gasteiger partial charge on any atom is 0.416 e. The van der Waals surface area contributed by atoms with E-state index < -0.39 is 17.8 Å². The van der Waals surface area contributed by atoms with Crippen molar-refractivity contribution in [3.63, 3.8) is 0 Å². The second-order valence-corrected chi connectivity index (χ2v) is 6.18. The van der Waals surface area contributed by atoms with Gasteiger partial charge in [-0.15, -0.1) is 11.3 Å². The molecule has 0 saturated heterocycles. The van der Waals surface area contributed by atoms with Gasteiger partial charge in [-0.25, -0.2) is 4.98 Å². The van der Waals surface area contributed by atoms with Crippen molar-refractivity contribution in [2.75, 3.05) is 0 Å². The molecule has 6 heteroatoms. The summed E-state index contributed by atoms with van der Waals surface area (Å²) in [7, 11) is 0. The van der Waals surface area contributed by atoms with E-state index in [2.05, 4.69) is 10.3 Å². The number of nitrogens with zero attached hydrogens (tertiary/aromatic N) is 1. The van der Waals surface area contributed by atoms with Gasteiger partial charge in [-0.3, -0.25) is 0 Å². The van der Waals surface area contributed by atoms with E-state index in [4.69, 9.17) is 0 Å². The van der Waals surface area contributed by atoms with Gasteiger partial charge in [-0.05, 0) is 31.4 Å². The van der Waals surface area contributed by atoms with Crippen molar-refractivity contribution in [1.29, 1.82) is 0 Å². The number of benzene rings is 1. The maximum atomic E-state index is 13.2. The minimum atomic E-state index is -4.35. The molecule has 0 spiro atoms. The third-order valence-corrected chi connectivity index (χ3v) is 4.47. The Balaban J connectivity index is 2.04. The normalized spacial score (nSPS) is 17.0. The van der Waals surface area contributed by atoms with Gasteiger partial charge in [0.2, 0.25) is 0 Å². The first-order valence-corrected chi connectivity index (χ1v) is 7.67. The van der Waals surface area contributed by atoms with Gasteiger partial charge in [-0.1, -0.05) is 18.2 Å². The summed E-state index contributed by atoms with van der Waals surface area (Å²) in [5, 5.41) is 5.86. The lowest BCUT2D eigenvalue weighted by molar-refractivity contribution is -0.138. The Kier molecular flexibility index (Phi) is 3.75. The van der Waals surface area contributed by atoms with Crippen molar-refractivity contribution < 1.29 is 13.2 Å². The van der Waals surface area contributed by atoms with Gasteiger partial charge in [0, 0.05) is 17.1 Å². The highest BCUT2D eigenvalue weighted by Gasteiger charge is 2.37. The number of rotatable bonds is 4. The van der Waals surface area contributed by atoms with Gasteiger partial charge in [0.05, 0.1) is 11.6 Å². The lowest BCUT2D eigenvalue weighted by atomic mass is 10.00. The Morgan fingerprint density at radius 1 is 1.29 bits per heavy atom. The predicted octanol–water partition coefficient (Wildman–Crippen LogP) is 4.31. The van der Waals surface area contributed by atoms with Crippen LogP contribution in [0.5, 0.6) is 0 Å². The molecule has 1 saturated carbocycles. The zero-order valence-corrected chi connectivity index (χ0v) is 12.3. The summed E-state index contributed by atoms with van der Waals surface area (Å²) in [6.45, 7) is 1.85. The van der Waals surface area contributed by atoms with Gasteiger partial charge in [0.25, 0.3) is 0 Å². The Bertz CT molecular complexity index is 632. The summed E-state index contributed by atoms with van der Waals surface area (Å²) in [6, 6.07) is 5.55. The smallest absolute Gasteiger partial charge is 0.301 e. The third kappa shape index (κ3) is 3.27. The average Bonchev–Trinajstić information content (AvgIpc) is 3.15. The molecule has 1 heterocycles. The predicted molar refractivity (Wildman–Crippen MR) is 76.3 cm³/mol. The van der Waals surface area contributed by atoms with Crippen LogP contribution in [0.4, 0.5) is 13.2 Å². The zero-order chi connectivity index (χ0) is 15.0. The van der Waals surface area contributed by atoms with E-state index in [0.717, 1.165) is 24.6 Å². The fourth-order valence-corrected chi connectivity index (χ4v) is 3.16. The fourth-order valence-electron chi connectivity index (χ4n) is 2.29. The molecule has 1 unspecified atom stereocenters. The molecule has 1 aromatic carbocycles. The lowest BCUT2D eigenvalue weighted by Crippen LogP contribution is -2.27. The SMILES string of the molecule is Cc1csc(C(NC2CC2)c2ccccc2C(F)(F)F)n1. The molecule has 1 aliphatic rings. The minimum Gasteiger partial charge on any atom is -0.301 e. The summed E-state index contributed by atoms with van der Waals surface area (Å²) in [5.74, 6) is 0. The first kappa shape index (κ1) is 14.5. The molecule has 1 atom stereocenters. The largest absolute Gasteiger partial charge is 0.416 e. The van der Waals surface area contributed by atoms with E-state index in [9.17, 15) is 13.2 Å². The van der Waals surface area contributed by atoms with Gasteiger partial charge in [0.1, 0.15) is 5.01 Å². The number of aromatic nitrogens is 1. The Hall–Kier alpha value is -1.40. The second-order valence-electron chi connectivity index (χ2n) is 5.29. The van der Waals surface area contributed by atoms with Crippen molar-refractivity contribution >= 4 is 11.3 Å².